The topological polar surface area (TPSA) is 58.4 Å². The van der Waals surface area contributed by atoms with Gasteiger partial charge in [-0.25, -0.2) is 4.79 Å². The normalized spacial score (nSPS) is 15.6. The molecule has 21 heavy (non-hydrogen) atoms. The molecule has 1 unspecified atom stereocenters. The van der Waals surface area contributed by atoms with Gasteiger partial charge in [0.2, 0.25) is 0 Å². The number of carbonyl (C=O) groups excluding carboxylic acids is 1. The highest BCUT2D eigenvalue weighted by molar-refractivity contribution is 9.13. The summed E-state index contributed by atoms with van der Waals surface area (Å²) < 4.78 is 2.06. The van der Waals surface area contributed by atoms with E-state index in [0.717, 1.165) is 30.0 Å². The fourth-order valence-electron chi connectivity index (χ4n) is 2.28. The van der Waals surface area contributed by atoms with Gasteiger partial charge in [0.05, 0.1) is 9.83 Å². The minimum Gasteiger partial charge on any atom is -0.323 e. The summed E-state index contributed by atoms with van der Waals surface area (Å²) in [4.78, 5) is 14.4. The lowest BCUT2D eigenvalue weighted by Gasteiger charge is -2.26. The molecule has 7 heteroatoms. The molecule has 2 heterocycles. The second kappa shape index (κ2) is 5.72. The van der Waals surface area contributed by atoms with Crippen LogP contribution >= 0.6 is 43.2 Å². The number of thiophene rings is 1. The Bertz CT molecular complexity index is 697. The first-order valence-electron chi connectivity index (χ1n) is 6.31. The predicted octanol–water partition coefficient (Wildman–Crippen LogP) is 4.30. The van der Waals surface area contributed by atoms with Crippen LogP contribution in [0, 0.1) is 0 Å². The molecule has 0 radical (unpaired) electrons. The van der Waals surface area contributed by atoms with Crippen LogP contribution in [0.25, 0.3) is 0 Å². The number of nitrogens with two attached hydrogens (primary N) is 1. The van der Waals surface area contributed by atoms with Crippen LogP contribution < -0.4 is 11.1 Å². The summed E-state index contributed by atoms with van der Waals surface area (Å²) >= 11 is 8.60. The molecular formula is C14H13Br2N3OS. The number of benzene rings is 1. The van der Waals surface area contributed by atoms with Crippen LogP contribution in [-0.2, 0) is 6.54 Å². The Kier molecular flexibility index (Phi) is 4.09. The number of nitrogens with one attached hydrogen (secondary N) is 1. The van der Waals surface area contributed by atoms with E-state index < -0.39 is 0 Å². The number of carbonyl (C=O) groups is 1. The molecule has 3 rings (SSSR count). The number of anilines is 1. The monoisotopic (exact) mass is 429 g/mol. The molecule has 2 amide bonds. The Labute approximate surface area is 143 Å². The number of hydrogen-bond donors (Lipinski definition) is 2. The lowest BCUT2D eigenvalue weighted by Crippen LogP contribution is -2.35. The average molecular weight is 431 g/mol. The van der Waals surface area contributed by atoms with Crippen molar-refractivity contribution >= 4 is 54.9 Å². The van der Waals surface area contributed by atoms with E-state index in [1.807, 2.05) is 18.2 Å². The smallest absolute Gasteiger partial charge is 0.321 e. The van der Waals surface area contributed by atoms with Gasteiger partial charge >= 0.3 is 6.03 Å². The minimum atomic E-state index is -0.175. The van der Waals surface area contributed by atoms with Gasteiger partial charge in [-0.1, -0.05) is 6.07 Å². The number of rotatable bonds is 2. The van der Waals surface area contributed by atoms with Crippen molar-refractivity contribution in [3.8, 4) is 0 Å². The van der Waals surface area contributed by atoms with Crippen LogP contribution in [-0.4, -0.2) is 18.0 Å². The molecule has 0 spiro atoms. The van der Waals surface area contributed by atoms with E-state index in [0.29, 0.717) is 6.54 Å². The number of amides is 2. The van der Waals surface area contributed by atoms with Crippen LogP contribution in [0.5, 0.6) is 0 Å². The maximum Gasteiger partial charge on any atom is 0.321 e. The van der Waals surface area contributed by atoms with E-state index in [2.05, 4.69) is 43.2 Å². The zero-order valence-electron chi connectivity index (χ0n) is 11.2. The highest BCUT2D eigenvalue weighted by Gasteiger charge is 2.21. The second-order valence-electron chi connectivity index (χ2n) is 4.95. The van der Waals surface area contributed by atoms with Crippen molar-refractivity contribution in [2.45, 2.75) is 12.6 Å². The quantitative estimate of drug-likeness (QED) is 0.746. The van der Waals surface area contributed by atoms with Crippen molar-refractivity contribution in [1.82, 2.24) is 4.90 Å². The largest absolute Gasteiger partial charge is 0.323 e. The summed E-state index contributed by atoms with van der Waals surface area (Å²) in [6, 6.07) is 7.74. The van der Waals surface area contributed by atoms with Crippen molar-refractivity contribution in [1.29, 1.82) is 0 Å². The molecule has 1 aromatic heterocycles. The van der Waals surface area contributed by atoms with Gasteiger partial charge in [-0.15, -0.1) is 11.3 Å². The van der Waals surface area contributed by atoms with Gasteiger partial charge in [0.1, 0.15) is 0 Å². The number of nitrogens with zero attached hydrogens (tertiary/aromatic N) is 1. The first kappa shape index (κ1) is 15.0. The maximum absolute atomic E-state index is 11.6. The molecule has 1 atom stereocenters. The van der Waals surface area contributed by atoms with Crippen LogP contribution in [0.1, 0.15) is 22.0 Å². The molecule has 1 aliphatic heterocycles. The van der Waals surface area contributed by atoms with Crippen LogP contribution in [0.2, 0.25) is 0 Å². The molecule has 3 N–H and O–H groups in total. The Morgan fingerprint density at radius 3 is 2.81 bits per heavy atom. The minimum absolute atomic E-state index is 0.0781. The van der Waals surface area contributed by atoms with Crippen LogP contribution in [0.3, 0.4) is 0 Å². The molecule has 1 aliphatic rings. The molecule has 0 aliphatic carbocycles. The summed E-state index contributed by atoms with van der Waals surface area (Å²) in [7, 11) is 1.78. The highest BCUT2D eigenvalue weighted by atomic mass is 79.9. The lowest BCUT2D eigenvalue weighted by molar-refractivity contribution is 0.218. The molecule has 0 saturated carbocycles. The van der Waals surface area contributed by atoms with E-state index in [4.69, 9.17) is 5.73 Å². The molecule has 0 bridgehead atoms. The molecule has 110 valence electrons. The van der Waals surface area contributed by atoms with Crippen molar-refractivity contribution in [2.75, 3.05) is 12.4 Å². The van der Waals surface area contributed by atoms with Gasteiger partial charge in [-0.2, -0.15) is 0 Å². The maximum atomic E-state index is 11.6. The Morgan fingerprint density at radius 2 is 2.14 bits per heavy atom. The van der Waals surface area contributed by atoms with Crippen LogP contribution in [0.15, 0.2) is 32.5 Å². The SMILES string of the molecule is CN1Cc2cc(C(N)c3cc(Br)c(Br)s3)ccc2NC1=O. The average Bonchev–Trinajstić information content (AvgIpc) is 2.79. The van der Waals surface area contributed by atoms with Gasteiger partial charge in [0.25, 0.3) is 0 Å². The van der Waals surface area contributed by atoms with E-state index >= 15 is 0 Å². The molecule has 2 aromatic rings. The zero-order chi connectivity index (χ0) is 15.1. The lowest BCUT2D eigenvalue weighted by atomic mass is 10.0. The summed E-state index contributed by atoms with van der Waals surface area (Å²) in [6.45, 7) is 0.597. The number of urea groups is 1. The van der Waals surface area contributed by atoms with Crippen molar-refractivity contribution in [3.63, 3.8) is 0 Å². The van der Waals surface area contributed by atoms with Gasteiger partial charge in [-0.3, -0.25) is 0 Å². The van der Waals surface area contributed by atoms with Gasteiger partial charge < -0.3 is 16.0 Å². The Morgan fingerprint density at radius 1 is 1.38 bits per heavy atom. The third-order valence-electron chi connectivity index (χ3n) is 3.45. The molecule has 1 aromatic carbocycles. The van der Waals surface area contributed by atoms with Crippen LogP contribution in [0.4, 0.5) is 10.5 Å². The molecular weight excluding hydrogens is 418 g/mol. The number of fused-ring (bicyclic) bond motifs is 1. The van der Waals surface area contributed by atoms with E-state index in [1.165, 1.54) is 0 Å². The van der Waals surface area contributed by atoms with Gasteiger partial charge in [-0.05, 0) is 61.2 Å². The summed E-state index contributed by atoms with van der Waals surface area (Å²) in [5, 5.41) is 2.86. The van der Waals surface area contributed by atoms with Crippen molar-refractivity contribution in [3.05, 3.63) is 48.5 Å². The zero-order valence-corrected chi connectivity index (χ0v) is 15.2. The number of halogens is 2. The molecule has 0 fully saturated rings. The molecule has 0 saturated heterocycles. The summed E-state index contributed by atoms with van der Waals surface area (Å²) in [5.74, 6) is 0. The molecule has 4 nitrogen and oxygen atoms in total. The third-order valence-corrected chi connectivity index (χ3v) is 6.79. The van der Waals surface area contributed by atoms with E-state index in [9.17, 15) is 4.79 Å². The number of hydrogen-bond acceptors (Lipinski definition) is 3. The van der Waals surface area contributed by atoms with Crippen molar-refractivity contribution in [2.24, 2.45) is 5.73 Å². The van der Waals surface area contributed by atoms with E-state index in [1.54, 1.807) is 23.3 Å². The van der Waals surface area contributed by atoms with E-state index in [-0.39, 0.29) is 12.1 Å². The predicted molar refractivity (Wildman–Crippen MR) is 92.7 cm³/mol. The van der Waals surface area contributed by atoms with Gasteiger partial charge in [0, 0.05) is 28.6 Å². The summed E-state index contributed by atoms with van der Waals surface area (Å²) in [5.41, 5.74) is 9.35. The second-order valence-corrected chi connectivity index (χ2v) is 8.21. The standard InChI is InChI=1S/C14H13Br2N3OS/c1-19-6-8-4-7(2-3-10(8)18-14(19)20)12(17)11-5-9(15)13(16)21-11/h2-5,12H,6,17H2,1H3,(H,18,20). The fraction of sp³-hybridized carbons (Fsp3) is 0.214. The van der Waals surface area contributed by atoms with Gasteiger partial charge in [0.15, 0.2) is 0 Å². The Balaban J connectivity index is 1.93. The highest BCUT2D eigenvalue weighted by Crippen LogP contribution is 2.37. The third kappa shape index (κ3) is 2.88. The first-order chi connectivity index (χ1) is 9.95. The Hall–Kier alpha value is -0.890. The first-order valence-corrected chi connectivity index (χ1v) is 8.71. The van der Waals surface area contributed by atoms with Crippen molar-refractivity contribution < 1.29 is 4.79 Å². The fourth-order valence-corrected chi connectivity index (χ4v) is 4.40. The summed E-state index contributed by atoms with van der Waals surface area (Å²) in [6.07, 6.45) is 0.